The molecule has 0 spiro atoms. The Hall–Kier alpha value is -1.57. The number of carboxylic acids is 1. The number of hydrogen-bond donors (Lipinski definition) is 1. The van der Waals surface area contributed by atoms with Crippen LogP contribution in [0.2, 0.25) is 0 Å². The van der Waals surface area contributed by atoms with Gasteiger partial charge in [-0.05, 0) is 55.9 Å². The topological polar surface area (TPSA) is 37.3 Å². The fourth-order valence-corrected chi connectivity index (χ4v) is 5.61. The largest absolute Gasteiger partial charge is 0.481 e. The van der Waals surface area contributed by atoms with E-state index in [4.69, 9.17) is 0 Å². The molecule has 3 aliphatic carbocycles. The first-order valence-corrected chi connectivity index (χ1v) is 9.27. The highest BCUT2D eigenvalue weighted by atomic mass is 16.4. The van der Waals surface area contributed by atoms with Crippen molar-refractivity contribution in [2.45, 2.75) is 57.3 Å². The zero-order chi connectivity index (χ0) is 15.8. The van der Waals surface area contributed by atoms with E-state index in [2.05, 4.69) is 24.3 Å². The molecule has 1 aromatic rings. The van der Waals surface area contributed by atoms with Crippen molar-refractivity contribution in [3.05, 3.63) is 47.0 Å². The van der Waals surface area contributed by atoms with E-state index in [1.807, 2.05) is 6.07 Å². The maximum atomic E-state index is 12.2. The molecule has 2 heteroatoms. The summed E-state index contributed by atoms with van der Waals surface area (Å²) in [6, 6.07) is 10.5. The molecule has 2 fully saturated rings. The molecule has 0 bridgehead atoms. The van der Waals surface area contributed by atoms with E-state index in [1.54, 1.807) is 11.1 Å². The van der Waals surface area contributed by atoms with Crippen molar-refractivity contribution in [2.75, 3.05) is 0 Å². The van der Waals surface area contributed by atoms with Crippen LogP contribution in [0.25, 0.3) is 0 Å². The number of fused-ring (bicyclic) bond motifs is 2. The van der Waals surface area contributed by atoms with Gasteiger partial charge in [-0.2, -0.15) is 0 Å². The van der Waals surface area contributed by atoms with Gasteiger partial charge in [0.25, 0.3) is 0 Å². The third kappa shape index (κ3) is 2.52. The van der Waals surface area contributed by atoms with Crippen LogP contribution in [0.15, 0.2) is 41.5 Å². The molecule has 0 saturated heterocycles. The van der Waals surface area contributed by atoms with Gasteiger partial charge in [-0.1, -0.05) is 54.3 Å². The van der Waals surface area contributed by atoms with Crippen LogP contribution >= 0.6 is 0 Å². The van der Waals surface area contributed by atoms with Crippen LogP contribution < -0.4 is 0 Å². The average molecular weight is 310 g/mol. The molecule has 1 aromatic carbocycles. The maximum Gasteiger partial charge on any atom is 0.307 e. The van der Waals surface area contributed by atoms with Gasteiger partial charge in [-0.25, -0.2) is 0 Å². The van der Waals surface area contributed by atoms with Gasteiger partial charge in [0.15, 0.2) is 0 Å². The van der Waals surface area contributed by atoms with Crippen molar-refractivity contribution in [1.29, 1.82) is 0 Å². The van der Waals surface area contributed by atoms with Gasteiger partial charge in [0.1, 0.15) is 0 Å². The number of carboxylic acid groups (broad SMARTS) is 1. The van der Waals surface area contributed by atoms with E-state index in [-0.39, 0.29) is 17.8 Å². The molecule has 2 saturated carbocycles. The summed E-state index contributed by atoms with van der Waals surface area (Å²) in [7, 11) is 0. The van der Waals surface area contributed by atoms with Gasteiger partial charge in [0.05, 0.1) is 5.92 Å². The second kappa shape index (κ2) is 6.14. The molecule has 2 unspecified atom stereocenters. The van der Waals surface area contributed by atoms with Crippen LogP contribution in [0, 0.1) is 17.8 Å². The van der Waals surface area contributed by atoms with E-state index in [0.29, 0.717) is 5.92 Å². The van der Waals surface area contributed by atoms with Crippen LogP contribution in [-0.4, -0.2) is 11.1 Å². The summed E-state index contributed by atoms with van der Waals surface area (Å²) >= 11 is 0. The van der Waals surface area contributed by atoms with Gasteiger partial charge in [0, 0.05) is 5.92 Å². The minimum absolute atomic E-state index is 0.177. The van der Waals surface area contributed by atoms with E-state index in [1.165, 1.54) is 44.1 Å². The first-order valence-electron chi connectivity index (χ1n) is 9.27. The van der Waals surface area contributed by atoms with Crippen LogP contribution in [0.3, 0.4) is 0 Å². The quantitative estimate of drug-likeness (QED) is 0.766. The smallest absolute Gasteiger partial charge is 0.307 e. The summed E-state index contributed by atoms with van der Waals surface area (Å²) < 4.78 is 0. The molecule has 0 aliphatic heterocycles. The highest BCUT2D eigenvalue weighted by Crippen LogP contribution is 2.56. The molecule has 4 rings (SSSR count). The summed E-state index contributed by atoms with van der Waals surface area (Å²) in [4.78, 5) is 12.2. The Morgan fingerprint density at radius 1 is 0.870 bits per heavy atom. The second-order valence-electron chi connectivity index (χ2n) is 7.56. The van der Waals surface area contributed by atoms with E-state index in [0.717, 1.165) is 12.8 Å². The lowest BCUT2D eigenvalue weighted by Crippen LogP contribution is -2.42. The molecule has 3 aliphatic rings. The predicted octanol–water partition coefficient (Wildman–Crippen LogP) is 5.16. The predicted molar refractivity (Wildman–Crippen MR) is 91.3 cm³/mol. The summed E-state index contributed by atoms with van der Waals surface area (Å²) in [6.45, 7) is 0. The van der Waals surface area contributed by atoms with Gasteiger partial charge in [0.2, 0.25) is 0 Å². The zero-order valence-electron chi connectivity index (χ0n) is 13.7. The fourth-order valence-electron chi connectivity index (χ4n) is 5.61. The first-order chi connectivity index (χ1) is 11.3. The summed E-state index contributed by atoms with van der Waals surface area (Å²) in [6.07, 6.45) is 9.61. The third-order valence-corrected chi connectivity index (χ3v) is 6.45. The molecular weight excluding hydrogens is 284 g/mol. The van der Waals surface area contributed by atoms with Gasteiger partial charge in [-0.15, -0.1) is 0 Å². The lowest BCUT2D eigenvalue weighted by molar-refractivity contribution is -0.145. The Kier molecular flexibility index (Phi) is 4.00. The molecule has 23 heavy (non-hydrogen) atoms. The summed E-state index contributed by atoms with van der Waals surface area (Å²) in [5.41, 5.74) is 4.46. The summed E-state index contributed by atoms with van der Waals surface area (Å²) in [5, 5.41) is 10.1. The van der Waals surface area contributed by atoms with Crippen LogP contribution in [-0.2, 0) is 4.79 Å². The standard InChI is InChI=1S/C21H26O2/c22-21(23)20-18-13-7-5-11-16(18)15-10-4-6-12-17(15)19(20)14-8-2-1-3-9-14/h1-3,8-9,17-20H,4-7,10-13H2,(H,22,23)/t17?,18?,19-,20-/m1/s1. The monoisotopic (exact) mass is 310 g/mol. The molecule has 0 aromatic heterocycles. The SMILES string of the molecule is O=C(O)[C@@H]1C2CCCCC2=C2CCCCC2[C@H]1c1ccccc1. The van der Waals surface area contributed by atoms with Gasteiger partial charge in [-0.3, -0.25) is 4.79 Å². The van der Waals surface area contributed by atoms with Crippen molar-refractivity contribution < 1.29 is 9.90 Å². The number of aliphatic carboxylic acids is 1. The molecule has 0 heterocycles. The minimum atomic E-state index is -0.576. The minimum Gasteiger partial charge on any atom is -0.481 e. The third-order valence-electron chi connectivity index (χ3n) is 6.45. The van der Waals surface area contributed by atoms with E-state index >= 15 is 0 Å². The average Bonchev–Trinajstić information content (AvgIpc) is 2.61. The highest BCUT2D eigenvalue weighted by molar-refractivity contribution is 5.73. The lowest BCUT2D eigenvalue weighted by atomic mass is 9.56. The summed E-state index contributed by atoms with van der Waals surface area (Å²) in [5.74, 6) is 0.135. The Labute approximate surface area is 138 Å². The highest BCUT2D eigenvalue weighted by Gasteiger charge is 2.48. The van der Waals surface area contributed by atoms with Crippen molar-refractivity contribution >= 4 is 5.97 Å². The van der Waals surface area contributed by atoms with Crippen LogP contribution in [0.1, 0.15) is 62.8 Å². The van der Waals surface area contributed by atoms with Gasteiger partial charge < -0.3 is 5.11 Å². The van der Waals surface area contributed by atoms with Crippen molar-refractivity contribution in [3.8, 4) is 0 Å². The normalized spacial score (nSPS) is 33.7. The zero-order valence-corrected chi connectivity index (χ0v) is 13.7. The maximum absolute atomic E-state index is 12.2. The van der Waals surface area contributed by atoms with Crippen molar-refractivity contribution in [2.24, 2.45) is 17.8 Å². The number of rotatable bonds is 2. The van der Waals surface area contributed by atoms with Crippen LogP contribution in [0.4, 0.5) is 0 Å². The molecule has 1 N–H and O–H groups in total. The Morgan fingerprint density at radius 2 is 1.48 bits per heavy atom. The molecule has 2 nitrogen and oxygen atoms in total. The van der Waals surface area contributed by atoms with Crippen molar-refractivity contribution in [3.63, 3.8) is 0 Å². The molecule has 0 amide bonds. The number of benzene rings is 1. The lowest BCUT2D eigenvalue weighted by Gasteiger charge is -2.48. The Morgan fingerprint density at radius 3 is 2.13 bits per heavy atom. The first kappa shape index (κ1) is 15.0. The van der Waals surface area contributed by atoms with Gasteiger partial charge >= 0.3 is 5.97 Å². The van der Waals surface area contributed by atoms with E-state index < -0.39 is 5.97 Å². The van der Waals surface area contributed by atoms with Crippen LogP contribution in [0.5, 0.6) is 0 Å². The number of hydrogen-bond acceptors (Lipinski definition) is 1. The molecular formula is C21H26O2. The number of allylic oxidation sites excluding steroid dienone is 2. The van der Waals surface area contributed by atoms with Crippen molar-refractivity contribution in [1.82, 2.24) is 0 Å². The number of carbonyl (C=O) groups is 1. The Balaban J connectivity index is 1.85. The molecule has 122 valence electrons. The fraction of sp³-hybridized carbons (Fsp3) is 0.571. The second-order valence-corrected chi connectivity index (χ2v) is 7.56. The molecule has 0 radical (unpaired) electrons. The van der Waals surface area contributed by atoms with E-state index in [9.17, 15) is 9.90 Å². The Bertz CT molecular complexity index is 616. The molecule has 4 atom stereocenters.